The number of ether oxygens (including phenoxy) is 1. The van der Waals surface area contributed by atoms with Crippen molar-refractivity contribution in [2.45, 2.75) is 45.6 Å². The first-order valence-corrected chi connectivity index (χ1v) is 7.76. The Morgan fingerprint density at radius 3 is 2.56 bits per heavy atom. The van der Waals surface area contributed by atoms with E-state index < -0.39 is 10.8 Å². The van der Waals surface area contributed by atoms with Gasteiger partial charge in [-0.3, -0.25) is 4.21 Å². The lowest BCUT2D eigenvalue weighted by Gasteiger charge is -2.11. The molecule has 3 nitrogen and oxygen atoms in total. The first-order valence-electron chi connectivity index (χ1n) is 6.28. The molecule has 0 heterocycles. The summed E-state index contributed by atoms with van der Waals surface area (Å²) < 4.78 is 16.5. The molecule has 0 saturated carbocycles. The van der Waals surface area contributed by atoms with Crippen LogP contribution in [0.15, 0.2) is 0 Å². The van der Waals surface area contributed by atoms with Crippen LogP contribution >= 0.6 is 0 Å². The number of methoxy groups -OCH3 is 1. The highest BCUT2D eigenvalue weighted by Gasteiger charge is 2.02. The maximum Gasteiger partial charge on any atom is 0.0471 e. The average Bonchev–Trinajstić information content (AvgIpc) is 2.25. The van der Waals surface area contributed by atoms with E-state index >= 15 is 0 Å². The highest BCUT2D eigenvalue weighted by atomic mass is 32.2. The molecule has 98 valence electrons. The molecule has 0 aromatic rings. The standard InChI is InChI=1S/C12H27NO2S/c1-4-13-12(2)8-5-6-10-16(14)11-7-9-15-3/h12-13H,4-11H2,1-3H3. The summed E-state index contributed by atoms with van der Waals surface area (Å²) in [5.41, 5.74) is 0. The second-order valence-electron chi connectivity index (χ2n) is 4.15. The van der Waals surface area contributed by atoms with Crippen molar-refractivity contribution in [2.24, 2.45) is 0 Å². The van der Waals surface area contributed by atoms with Crippen molar-refractivity contribution in [2.75, 3.05) is 31.8 Å². The fourth-order valence-electron chi connectivity index (χ4n) is 1.63. The highest BCUT2D eigenvalue weighted by Crippen LogP contribution is 2.02. The van der Waals surface area contributed by atoms with Gasteiger partial charge in [-0.15, -0.1) is 0 Å². The van der Waals surface area contributed by atoms with Gasteiger partial charge >= 0.3 is 0 Å². The number of rotatable bonds is 11. The van der Waals surface area contributed by atoms with Crippen LogP contribution in [0.4, 0.5) is 0 Å². The second-order valence-corrected chi connectivity index (χ2v) is 5.85. The quantitative estimate of drug-likeness (QED) is 0.569. The molecule has 0 amide bonds. The molecule has 0 aliphatic heterocycles. The lowest BCUT2D eigenvalue weighted by atomic mass is 10.1. The number of nitrogens with one attached hydrogen (secondary N) is 1. The zero-order valence-electron chi connectivity index (χ0n) is 11.0. The van der Waals surface area contributed by atoms with E-state index in [2.05, 4.69) is 19.2 Å². The van der Waals surface area contributed by atoms with Crippen molar-refractivity contribution >= 4 is 10.8 Å². The van der Waals surface area contributed by atoms with E-state index in [0.717, 1.165) is 37.5 Å². The number of hydrogen-bond donors (Lipinski definition) is 1. The van der Waals surface area contributed by atoms with Gasteiger partial charge in [0.2, 0.25) is 0 Å². The van der Waals surface area contributed by atoms with Crippen LogP contribution in [0.5, 0.6) is 0 Å². The predicted octanol–water partition coefficient (Wildman–Crippen LogP) is 1.94. The maximum atomic E-state index is 11.5. The van der Waals surface area contributed by atoms with Crippen molar-refractivity contribution in [1.82, 2.24) is 5.32 Å². The zero-order chi connectivity index (χ0) is 12.2. The summed E-state index contributed by atoms with van der Waals surface area (Å²) in [5.74, 6) is 1.64. The molecule has 0 rings (SSSR count). The van der Waals surface area contributed by atoms with Gasteiger partial charge in [0.15, 0.2) is 0 Å². The van der Waals surface area contributed by atoms with E-state index in [1.54, 1.807) is 7.11 Å². The summed E-state index contributed by atoms with van der Waals surface area (Å²) in [6.07, 6.45) is 4.35. The Kier molecular flexibility index (Phi) is 11.6. The topological polar surface area (TPSA) is 38.3 Å². The predicted molar refractivity (Wildman–Crippen MR) is 71.4 cm³/mol. The third-order valence-corrected chi connectivity index (χ3v) is 4.02. The molecule has 0 aliphatic rings. The molecule has 4 heteroatoms. The number of unbranched alkanes of at least 4 members (excludes halogenated alkanes) is 1. The normalized spacial score (nSPS) is 14.9. The molecule has 0 radical (unpaired) electrons. The van der Waals surface area contributed by atoms with Crippen molar-refractivity contribution < 1.29 is 8.95 Å². The Bertz CT molecular complexity index is 176. The van der Waals surface area contributed by atoms with Crippen LogP contribution in [0.1, 0.15) is 39.5 Å². The van der Waals surface area contributed by atoms with Gasteiger partial charge in [0.1, 0.15) is 0 Å². The molecule has 1 N–H and O–H groups in total. The van der Waals surface area contributed by atoms with Crippen molar-refractivity contribution in [3.8, 4) is 0 Å². The molecular weight excluding hydrogens is 222 g/mol. The molecular formula is C12H27NO2S. The van der Waals surface area contributed by atoms with Gasteiger partial charge in [0, 0.05) is 42.1 Å². The zero-order valence-corrected chi connectivity index (χ0v) is 11.8. The molecule has 0 bridgehead atoms. The Hall–Kier alpha value is 0.0700. The van der Waals surface area contributed by atoms with Gasteiger partial charge in [0.05, 0.1) is 0 Å². The van der Waals surface area contributed by atoms with E-state index in [4.69, 9.17) is 4.74 Å². The number of hydrogen-bond acceptors (Lipinski definition) is 3. The van der Waals surface area contributed by atoms with Gasteiger partial charge in [-0.25, -0.2) is 0 Å². The molecule has 0 aliphatic carbocycles. The van der Waals surface area contributed by atoms with E-state index in [1.165, 1.54) is 12.8 Å². The van der Waals surface area contributed by atoms with Crippen molar-refractivity contribution in [1.29, 1.82) is 0 Å². The molecule has 0 aromatic heterocycles. The third-order valence-electron chi connectivity index (χ3n) is 2.53. The Morgan fingerprint density at radius 1 is 1.25 bits per heavy atom. The minimum atomic E-state index is -0.640. The SMILES string of the molecule is CCNC(C)CCCCS(=O)CCCOC. The van der Waals surface area contributed by atoms with E-state index in [0.29, 0.717) is 6.04 Å². The first-order chi connectivity index (χ1) is 7.70. The summed E-state index contributed by atoms with van der Waals surface area (Å²) in [6, 6.07) is 0.590. The minimum Gasteiger partial charge on any atom is -0.385 e. The van der Waals surface area contributed by atoms with Crippen molar-refractivity contribution in [3.05, 3.63) is 0 Å². The van der Waals surface area contributed by atoms with E-state index in [-0.39, 0.29) is 0 Å². The summed E-state index contributed by atoms with van der Waals surface area (Å²) in [4.78, 5) is 0. The lowest BCUT2D eigenvalue weighted by Crippen LogP contribution is -2.25. The molecule has 2 unspecified atom stereocenters. The van der Waals surface area contributed by atoms with Crippen LogP contribution in [-0.4, -0.2) is 42.0 Å². The third kappa shape index (κ3) is 10.6. The van der Waals surface area contributed by atoms with Crippen LogP contribution in [0.2, 0.25) is 0 Å². The highest BCUT2D eigenvalue weighted by molar-refractivity contribution is 7.84. The fourth-order valence-corrected chi connectivity index (χ4v) is 2.80. The largest absolute Gasteiger partial charge is 0.385 e. The molecule has 2 atom stereocenters. The van der Waals surface area contributed by atoms with Gasteiger partial charge in [-0.1, -0.05) is 13.3 Å². The lowest BCUT2D eigenvalue weighted by molar-refractivity contribution is 0.200. The summed E-state index contributed by atoms with van der Waals surface area (Å²) in [6.45, 7) is 6.09. The second kappa shape index (κ2) is 11.6. The molecule has 0 aromatic carbocycles. The fraction of sp³-hybridized carbons (Fsp3) is 1.00. The van der Waals surface area contributed by atoms with Gasteiger partial charge in [-0.05, 0) is 32.7 Å². The molecule has 16 heavy (non-hydrogen) atoms. The van der Waals surface area contributed by atoms with Crippen LogP contribution in [0, 0.1) is 0 Å². The molecule has 0 fully saturated rings. The Balaban J connectivity index is 3.27. The van der Waals surface area contributed by atoms with E-state index in [9.17, 15) is 4.21 Å². The van der Waals surface area contributed by atoms with Gasteiger partial charge < -0.3 is 10.1 Å². The Labute approximate surface area is 103 Å². The molecule has 0 spiro atoms. The maximum absolute atomic E-state index is 11.5. The smallest absolute Gasteiger partial charge is 0.0471 e. The Morgan fingerprint density at radius 2 is 1.94 bits per heavy atom. The van der Waals surface area contributed by atoms with Crippen LogP contribution in [0.3, 0.4) is 0 Å². The van der Waals surface area contributed by atoms with Gasteiger partial charge in [0.25, 0.3) is 0 Å². The summed E-state index contributed by atoms with van der Waals surface area (Å²) >= 11 is 0. The summed E-state index contributed by atoms with van der Waals surface area (Å²) in [5, 5.41) is 3.38. The molecule has 0 saturated heterocycles. The van der Waals surface area contributed by atoms with Crippen molar-refractivity contribution in [3.63, 3.8) is 0 Å². The van der Waals surface area contributed by atoms with E-state index in [1.807, 2.05) is 0 Å². The summed E-state index contributed by atoms with van der Waals surface area (Å²) in [7, 11) is 1.05. The van der Waals surface area contributed by atoms with Crippen LogP contribution in [-0.2, 0) is 15.5 Å². The first kappa shape index (κ1) is 16.1. The monoisotopic (exact) mass is 249 g/mol. The van der Waals surface area contributed by atoms with Crippen LogP contribution < -0.4 is 5.32 Å². The minimum absolute atomic E-state index is 0.590. The van der Waals surface area contributed by atoms with Gasteiger partial charge in [-0.2, -0.15) is 0 Å². The average molecular weight is 249 g/mol. The van der Waals surface area contributed by atoms with Crippen LogP contribution in [0.25, 0.3) is 0 Å².